The molecule has 31 heavy (non-hydrogen) atoms. The topological polar surface area (TPSA) is 94.2 Å². The van der Waals surface area contributed by atoms with E-state index in [1.165, 1.54) is 12.1 Å². The molecule has 1 fully saturated rings. The highest BCUT2D eigenvalue weighted by Crippen LogP contribution is 2.36. The van der Waals surface area contributed by atoms with E-state index in [1.807, 2.05) is 0 Å². The van der Waals surface area contributed by atoms with Gasteiger partial charge in [0.1, 0.15) is 17.9 Å². The maximum atomic E-state index is 13.1. The SMILES string of the molecule is C=CCOc1c(I)cc(/C=C2\C(=O)NC(=O)N(c3ccc4c(c3)OCO4)C2=O)cc1I. The largest absolute Gasteiger partial charge is 0.487 e. The molecule has 8 nitrogen and oxygen atoms in total. The van der Waals surface area contributed by atoms with E-state index in [0.29, 0.717) is 29.4 Å². The van der Waals surface area contributed by atoms with E-state index in [-0.39, 0.29) is 18.1 Å². The van der Waals surface area contributed by atoms with Crippen molar-refractivity contribution < 1.29 is 28.6 Å². The molecule has 0 bridgehead atoms. The van der Waals surface area contributed by atoms with Gasteiger partial charge in [-0.05, 0) is 81.1 Å². The highest BCUT2D eigenvalue weighted by molar-refractivity contribution is 14.1. The zero-order valence-electron chi connectivity index (χ0n) is 15.8. The van der Waals surface area contributed by atoms with E-state index in [9.17, 15) is 14.4 Å². The molecule has 4 rings (SSSR count). The summed E-state index contributed by atoms with van der Waals surface area (Å²) in [5, 5.41) is 2.21. The van der Waals surface area contributed by atoms with Gasteiger partial charge in [0.2, 0.25) is 6.79 Å². The zero-order valence-corrected chi connectivity index (χ0v) is 20.1. The monoisotopic (exact) mass is 644 g/mol. The van der Waals surface area contributed by atoms with Crippen LogP contribution in [0.5, 0.6) is 17.2 Å². The van der Waals surface area contributed by atoms with E-state index in [0.717, 1.165) is 12.0 Å². The first-order chi connectivity index (χ1) is 14.9. The number of hydrogen-bond acceptors (Lipinski definition) is 6. The molecular formula is C21H14I2N2O6. The number of rotatable bonds is 5. The molecule has 1 saturated heterocycles. The Morgan fingerprint density at radius 3 is 2.52 bits per heavy atom. The molecule has 2 aliphatic heterocycles. The second-order valence-electron chi connectivity index (χ2n) is 6.41. The smallest absolute Gasteiger partial charge is 0.335 e. The van der Waals surface area contributed by atoms with Gasteiger partial charge in [0, 0.05) is 6.07 Å². The van der Waals surface area contributed by atoms with Crippen molar-refractivity contribution in [1.29, 1.82) is 0 Å². The number of hydrogen-bond donors (Lipinski definition) is 1. The summed E-state index contributed by atoms with van der Waals surface area (Å²) < 4.78 is 17.9. The van der Waals surface area contributed by atoms with Crippen LogP contribution in [0.15, 0.2) is 48.6 Å². The summed E-state index contributed by atoms with van der Waals surface area (Å²) >= 11 is 4.24. The number of nitrogens with zero attached hydrogens (tertiary/aromatic N) is 1. The number of imide groups is 2. The third-order valence-electron chi connectivity index (χ3n) is 4.39. The molecule has 0 atom stereocenters. The molecule has 0 unspecified atom stereocenters. The van der Waals surface area contributed by atoms with Crippen LogP contribution in [0.1, 0.15) is 5.56 Å². The highest BCUT2D eigenvalue weighted by Gasteiger charge is 2.37. The molecule has 10 heteroatoms. The molecule has 0 aromatic heterocycles. The van der Waals surface area contributed by atoms with Crippen molar-refractivity contribution in [2.24, 2.45) is 0 Å². The Hall–Kier alpha value is -2.61. The predicted octanol–water partition coefficient (Wildman–Crippen LogP) is 3.86. The van der Waals surface area contributed by atoms with Crippen molar-refractivity contribution in [3.63, 3.8) is 0 Å². The molecule has 2 heterocycles. The molecule has 0 spiro atoms. The lowest BCUT2D eigenvalue weighted by Gasteiger charge is -2.26. The number of ether oxygens (including phenoxy) is 3. The summed E-state index contributed by atoms with van der Waals surface area (Å²) in [4.78, 5) is 38.8. The Balaban J connectivity index is 1.69. The molecule has 0 radical (unpaired) electrons. The summed E-state index contributed by atoms with van der Waals surface area (Å²) in [5.41, 5.74) is 0.726. The van der Waals surface area contributed by atoms with Crippen molar-refractivity contribution in [3.8, 4) is 17.2 Å². The number of barbiturate groups is 1. The zero-order chi connectivity index (χ0) is 22.1. The van der Waals surface area contributed by atoms with Gasteiger partial charge in [0.15, 0.2) is 11.5 Å². The lowest BCUT2D eigenvalue weighted by molar-refractivity contribution is -0.122. The first-order valence-corrected chi connectivity index (χ1v) is 11.1. The third kappa shape index (κ3) is 4.26. The number of anilines is 1. The standard InChI is InChI=1S/C21H14I2N2O6/c1-2-5-29-18-14(22)7-11(8-15(18)23)6-13-19(26)24-21(28)25(20(13)27)12-3-4-16-17(9-12)31-10-30-16/h2-4,6-9H,1,5,10H2,(H,24,26,28)/b13-6+. The Morgan fingerprint density at radius 1 is 1.10 bits per heavy atom. The summed E-state index contributed by atoms with van der Waals surface area (Å²) in [5.74, 6) is 0.136. The van der Waals surface area contributed by atoms with Crippen LogP contribution in [0, 0.1) is 7.14 Å². The Morgan fingerprint density at radius 2 is 1.81 bits per heavy atom. The number of urea groups is 1. The number of amides is 4. The van der Waals surface area contributed by atoms with Gasteiger partial charge in [-0.15, -0.1) is 0 Å². The average molecular weight is 644 g/mol. The maximum Gasteiger partial charge on any atom is 0.335 e. The van der Waals surface area contributed by atoms with Gasteiger partial charge in [-0.3, -0.25) is 14.9 Å². The number of carbonyl (C=O) groups excluding carboxylic acids is 3. The normalized spacial score (nSPS) is 16.5. The van der Waals surface area contributed by atoms with Gasteiger partial charge in [0.05, 0.1) is 12.8 Å². The highest BCUT2D eigenvalue weighted by atomic mass is 127. The Labute approximate surface area is 204 Å². The summed E-state index contributed by atoms with van der Waals surface area (Å²) in [6, 6.07) is 7.42. The molecule has 0 aliphatic carbocycles. The van der Waals surface area contributed by atoms with E-state index in [1.54, 1.807) is 30.3 Å². The lowest BCUT2D eigenvalue weighted by Crippen LogP contribution is -2.54. The minimum absolute atomic E-state index is 0.0619. The number of benzene rings is 2. The van der Waals surface area contributed by atoms with Crippen molar-refractivity contribution in [2.75, 3.05) is 18.3 Å². The van der Waals surface area contributed by atoms with Gasteiger partial charge in [0.25, 0.3) is 11.8 Å². The van der Waals surface area contributed by atoms with Crippen molar-refractivity contribution in [3.05, 3.63) is 61.3 Å². The Kier molecular flexibility index (Phi) is 6.18. The number of nitrogens with one attached hydrogen (secondary N) is 1. The molecule has 4 amide bonds. The number of carbonyl (C=O) groups is 3. The fourth-order valence-corrected chi connectivity index (χ4v) is 5.15. The fraction of sp³-hybridized carbons (Fsp3) is 0.0952. The second-order valence-corrected chi connectivity index (χ2v) is 8.73. The number of fused-ring (bicyclic) bond motifs is 1. The summed E-state index contributed by atoms with van der Waals surface area (Å²) in [6.45, 7) is 4.06. The van der Waals surface area contributed by atoms with Crippen LogP contribution in [0.2, 0.25) is 0 Å². The molecule has 158 valence electrons. The first kappa shape index (κ1) is 21.6. The van der Waals surface area contributed by atoms with Gasteiger partial charge >= 0.3 is 6.03 Å². The Bertz CT molecular complexity index is 1140. The molecule has 1 N–H and O–H groups in total. The van der Waals surface area contributed by atoms with E-state index in [2.05, 4.69) is 57.1 Å². The number of halogens is 2. The summed E-state index contributed by atoms with van der Waals surface area (Å²) in [7, 11) is 0. The lowest BCUT2D eigenvalue weighted by atomic mass is 10.1. The predicted molar refractivity (Wildman–Crippen MR) is 129 cm³/mol. The van der Waals surface area contributed by atoms with Gasteiger partial charge in [-0.1, -0.05) is 12.7 Å². The van der Waals surface area contributed by atoms with Crippen LogP contribution >= 0.6 is 45.2 Å². The third-order valence-corrected chi connectivity index (χ3v) is 6.00. The molecular weight excluding hydrogens is 630 g/mol. The van der Waals surface area contributed by atoms with E-state index in [4.69, 9.17) is 14.2 Å². The van der Waals surface area contributed by atoms with Crippen LogP contribution in [0.3, 0.4) is 0 Å². The summed E-state index contributed by atoms with van der Waals surface area (Å²) in [6.07, 6.45) is 3.10. The minimum atomic E-state index is -0.830. The van der Waals surface area contributed by atoms with Gasteiger partial charge < -0.3 is 14.2 Å². The molecule has 2 aliphatic rings. The molecule has 2 aromatic rings. The van der Waals surface area contributed by atoms with Gasteiger partial charge in [-0.2, -0.15) is 0 Å². The van der Waals surface area contributed by atoms with Crippen LogP contribution in [0.25, 0.3) is 6.08 Å². The van der Waals surface area contributed by atoms with Crippen molar-refractivity contribution in [1.82, 2.24) is 5.32 Å². The van der Waals surface area contributed by atoms with Crippen molar-refractivity contribution >= 4 is 74.8 Å². The van der Waals surface area contributed by atoms with Crippen molar-refractivity contribution in [2.45, 2.75) is 0 Å². The first-order valence-electron chi connectivity index (χ1n) is 8.93. The van der Waals surface area contributed by atoms with Crippen LogP contribution < -0.4 is 24.4 Å². The van der Waals surface area contributed by atoms with Crippen LogP contribution in [-0.2, 0) is 9.59 Å². The van der Waals surface area contributed by atoms with E-state index >= 15 is 0 Å². The minimum Gasteiger partial charge on any atom is -0.487 e. The van der Waals surface area contributed by atoms with Crippen LogP contribution in [-0.4, -0.2) is 31.2 Å². The van der Waals surface area contributed by atoms with E-state index < -0.39 is 17.8 Å². The molecule has 2 aromatic carbocycles. The fourth-order valence-electron chi connectivity index (χ4n) is 3.03. The maximum absolute atomic E-state index is 13.1. The molecule has 0 saturated carbocycles. The average Bonchev–Trinajstić information content (AvgIpc) is 3.18. The van der Waals surface area contributed by atoms with Gasteiger partial charge in [-0.25, -0.2) is 9.69 Å². The quantitative estimate of drug-likeness (QED) is 0.230. The van der Waals surface area contributed by atoms with Crippen LogP contribution in [0.4, 0.5) is 10.5 Å². The second kappa shape index (κ2) is 8.86.